The number of nitrogens with one attached hydrogen (secondary N) is 1. The average molecular weight is 358 g/mol. The Hall–Kier alpha value is -2.58. The molecule has 0 radical (unpaired) electrons. The van der Waals surface area contributed by atoms with E-state index >= 15 is 0 Å². The maximum atomic E-state index is 11.5. The molecular weight excluding hydrogens is 349 g/mol. The van der Waals surface area contributed by atoms with Crippen LogP contribution in [0.4, 0.5) is 5.88 Å². The Balaban J connectivity index is 1.82. The van der Waals surface area contributed by atoms with Crippen LogP contribution in [0.2, 0.25) is 10.0 Å². The highest BCUT2D eigenvalue weighted by Crippen LogP contribution is 2.27. The van der Waals surface area contributed by atoms with Crippen molar-refractivity contribution in [2.45, 2.75) is 0 Å². The minimum Gasteiger partial charge on any atom is -0.482 e. The molecule has 120 valence electrons. The minimum atomic E-state index is -0.681. The summed E-state index contributed by atoms with van der Waals surface area (Å²) in [6.07, 6.45) is 1.13. The number of halogens is 2. The van der Waals surface area contributed by atoms with Crippen LogP contribution in [-0.2, 0) is 4.79 Å². The number of hydrogen-bond donors (Lipinski definition) is 1. The molecule has 0 bridgehead atoms. The predicted molar refractivity (Wildman–Crippen MR) is 83.1 cm³/mol. The summed E-state index contributed by atoms with van der Waals surface area (Å²) in [5.74, 6) is -0.540. The molecule has 0 fully saturated rings. The van der Waals surface area contributed by atoms with Crippen molar-refractivity contribution in [3.8, 4) is 5.75 Å². The number of hydrogen-bond acceptors (Lipinski definition) is 6. The SMILES string of the molecule is O=C(COc1ccc(Cl)cc1Cl)NN=Cc1ccc([N+](=O)[O-])o1. The lowest BCUT2D eigenvalue weighted by atomic mass is 10.3. The Kier molecular flexibility index (Phi) is 5.56. The van der Waals surface area contributed by atoms with Gasteiger partial charge < -0.3 is 9.15 Å². The van der Waals surface area contributed by atoms with Crippen LogP contribution < -0.4 is 10.2 Å². The fraction of sp³-hybridized carbons (Fsp3) is 0.0769. The van der Waals surface area contributed by atoms with Crippen molar-refractivity contribution in [2.24, 2.45) is 5.10 Å². The highest BCUT2D eigenvalue weighted by Gasteiger charge is 2.10. The summed E-state index contributed by atoms with van der Waals surface area (Å²) in [5.41, 5.74) is 2.18. The molecule has 1 heterocycles. The van der Waals surface area contributed by atoms with Crippen LogP contribution in [0.25, 0.3) is 0 Å². The van der Waals surface area contributed by atoms with E-state index in [-0.39, 0.29) is 17.4 Å². The van der Waals surface area contributed by atoms with E-state index < -0.39 is 16.7 Å². The molecule has 0 aliphatic rings. The van der Waals surface area contributed by atoms with Crippen molar-refractivity contribution >= 4 is 41.2 Å². The predicted octanol–water partition coefficient (Wildman–Crippen LogP) is 3.02. The van der Waals surface area contributed by atoms with Crippen molar-refractivity contribution in [1.82, 2.24) is 5.43 Å². The van der Waals surface area contributed by atoms with Gasteiger partial charge in [0.05, 0.1) is 17.3 Å². The fourth-order valence-electron chi connectivity index (χ4n) is 1.45. The Morgan fingerprint density at radius 3 is 2.83 bits per heavy atom. The number of amides is 1. The number of hydrazone groups is 1. The fourth-order valence-corrected chi connectivity index (χ4v) is 1.91. The van der Waals surface area contributed by atoms with Crippen LogP contribution in [0.3, 0.4) is 0 Å². The van der Waals surface area contributed by atoms with Gasteiger partial charge in [-0.05, 0) is 24.3 Å². The molecule has 10 heteroatoms. The highest BCUT2D eigenvalue weighted by molar-refractivity contribution is 6.35. The van der Waals surface area contributed by atoms with Gasteiger partial charge in [0, 0.05) is 5.02 Å². The average Bonchev–Trinajstić information content (AvgIpc) is 2.95. The van der Waals surface area contributed by atoms with E-state index in [0.29, 0.717) is 10.8 Å². The molecule has 0 aliphatic carbocycles. The molecule has 0 aliphatic heterocycles. The summed E-state index contributed by atoms with van der Waals surface area (Å²) < 4.78 is 10.0. The molecule has 1 amide bonds. The summed E-state index contributed by atoms with van der Waals surface area (Å²) in [7, 11) is 0. The van der Waals surface area contributed by atoms with Gasteiger partial charge in [0.25, 0.3) is 5.91 Å². The molecule has 0 atom stereocenters. The normalized spacial score (nSPS) is 10.7. The lowest BCUT2D eigenvalue weighted by molar-refractivity contribution is -0.402. The van der Waals surface area contributed by atoms with Gasteiger partial charge in [-0.25, -0.2) is 5.43 Å². The van der Waals surface area contributed by atoms with E-state index in [1.165, 1.54) is 24.3 Å². The number of nitrogens with zero attached hydrogens (tertiary/aromatic N) is 2. The van der Waals surface area contributed by atoms with Gasteiger partial charge in [-0.1, -0.05) is 23.2 Å². The van der Waals surface area contributed by atoms with E-state index in [0.717, 1.165) is 6.21 Å². The molecule has 8 nitrogen and oxygen atoms in total. The number of carbonyl (C=O) groups is 1. The summed E-state index contributed by atoms with van der Waals surface area (Å²) in [6, 6.07) is 7.11. The van der Waals surface area contributed by atoms with Crippen LogP contribution in [0.15, 0.2) is 39.9 Å². The van der Waals surface area contributed by atoms with Gasteiger partial charge in [0.15, 0.2) is 12.4 Å². The van der Waals surface area contributed by atoms with Crippen molar-refractivity contribution in [1.29, 1.82) is 0 Å². The Morgan fingerprint density at radius 2 is 2.17 bits per heavy atom. The lowest BCUT2D eigenvalue weighted by Gasteiger charge is -2.06. The van der Waals surface area contributed by atoms with Gasteiger partial charge in [-0.2, -0.15) is 5.10 Å². The molecule has 23 heavy (non-hydrogen) atoms. The number of rotatable bonds is 6. The molecule has 1 aromatic carbocycles. The number of ether oxygens (including phenoxy) is 1. The quantitative estimate of drug-likeness (QED) is 0.485. The van der Waals surface area contributed by atoms with Gasteiger partial charge in [-0.15, -0.1) is 0 Å². The number of carbonyl (C=O) groups excluding carboxylic acids is 1. The van der Waals surface area contributed by atoms with E-state index in [1.54, 1.807) is 6.07 Å². The summed E-state index contributed by atoms with van der Waals surface area (Å²) in [5, 5.41) is 14.7. The topological polar surface area (TPSA) is 107 Å². The third kappa shape index (κ3) is 4.97. The molecule has 0 spiro atoms. The first-order valence-corrected chi connectivity index (χ1v) is 6.85. The first-order valence-electron chi connectivity index (χ1n) is 6.09. The number of nitro groups is 1. The van der Waals surface area contributed by atoms with Crippen LogP contribution in [0.1, 0.15) is 5.76 Å². The second-order valence-electron chi connectivity index (χ2n) is 4.09. The highest BCUT2D eigenvalue weighted by atomic mass is 35.5. The van der Waals surface area contributed by atoms with Crippen molar-refractivity contribution in [2.75, 3.05) is 6.61 Å². The first kappa shape index (κ1) is 16.8. The second kappa shape index (κ2) is 7.61. The van der Waals surface area contributed by atoms with Crippen LogP contribution in [-0.4, -0.2) is 23.7 Å². The zero-order valence-corrected chi connectivity index (χ0v) is 12.9. The van der Waals surface area contributed by atoms with E-state index in [2.05, 4.69) is 10.5 Å². The Morgan fingerprint density at radius 1 is 1.39 bits per heavy atom. The monoisotopic (exact) mass is 357 g/mol. The van der Waals surface area contributed by atoms with Gasteiger partial charge >= 0.3 is 5.88 Å². The smallest absolute Gasteiger partial charge is 0.433 e. The third-order valence-electron chi connectivity index (χ3n) is 2.43. The first-order chi connectivity index (χ1) is 11.0. The maximum Gasteiger partial charge on any atom is 0.433 e. The van der Waals surface area contributed by atoms with E-state index in [9.17, 15) is 14.9 Å². The van der Waals surface area contributed by atoms with Crippen molar-refractivity contribution in [3.63, 3.8) is 0 Å². The second-order valence-corrected chi connectivity index (χ2v) is 4.93. The molecule has 0 saturated heterocycles. The summed E-state index contributed by atoms with van der Waals surface area (Å²) in [4.78, 5) is 21.3. The molecule has 1 aromatic heterocycles. The third-order valence-corrected chi connectivity index (χ3v) is 2.96. The molecule has 0 saturated carbocycles. The van der Waals surface area contributed by atoms with Crippen LogP contribution in [0, 0.1) is 10.1 Å². The van der Waals surface area contributed by atoms with Crippen LogP contribution in [0.5, 0.6) is 5.75 Å². The summed E-state index contributed by atoms with van der Waals surface area (Å²) in [6.45, 7) is -0.322. The number of benzene rings is 1. The molecule has 2 rings (SSSR count). The van der Waals surface area contributed by atoms with E-state index in [4.69, 9.17) is 32.4 Å². The van der Waals surface area contributed by atoms with Gasteiger partial charge in [0.2, 0.25) is 0 Å². The largest absolute Gasteiger partial charge is 0.482 e. The molecular formula is C13H9Cl2N3O5. The zero-order valence-electron chi connectivity index (χ0n) is 11.4. The Bertz CT molecular complexity index is 760. The van der Waals surface area contributed by atoms with E-state index in [1.807, 2.05) is 0 Å². The maximum absolute atomic E-state index is 11.5. The van der Waals surface area contributed by atoms with Gasteiger partial charge in [-0.3, -0.25) is 14.9 Å². The molecule has 2 aromatic rings. The molecule has 0 unspecified atom stereocenters. The zero-order chi connectivity index (χ0) is 16.8. The molecule has 1 N–H and O–H groups in total. The summed E-state index contributed by atoms with van der Waals surface area (Å²) >= 11 is 11.6. The minimum absolute atomic E-state index is 0.124. The lowest BCUT2D eigenvalue weighted by Crippen LogP contribution is -2.24. The van der Waals surface area contributed by atoms with Crippen molar-refractivity contribution < 1.29 is 18.9 Å². The Labute approximate surface area is 139 Å². The van der Waals surface area contributed by atoms with Crippen molar-refractivity contribution in [3.05, 3.63) is 56.3 Å². The standard InChI is InChI=1S/C13H9Cl2N3O5/c14-8-1-3-11(10(15)5-8)22-7-12(19)17-16-6-9-2-4-13(23-9)18(20)21/h1-6H,7H2,(H,17,19). The number of furan rings is 1. The van der Waals surface area contributed by atoms with Gasteiger partial charge in [0.1, 0.15) is 10.7 Å². The van der Waals surface area contributed by atoms with Crippen LogP contribution >= 0.6 is 23.2 Å².